The zero-order chi connectivity index (χ0) is 13.2. The molecule has 0 spiro atoms. The summed E-state index contributed by atoms with van der Waals surface area (Å²) in [7, 11) is 0. The van der Waals surface area contributed by atoms with Gasteiger partial charge in [0.2, 0.25) is 5.91 Å². The average Bonchev–Trinajstić information content (AvgIpc) is 2.81. The molecule has 0 bridgehead atoms. The number of carbonyl (C=O) groups is 1. The van der Waals surface area contributed by atoms with Crippen LogP contribution < -0.4 is 11.1 Å². The van der Waals surface area contributed by atoms with E-state index >= 15 is 0 Å². The molecular weight excluding hydrogens is 226 g/mol. The van der Waals surface area contributed by atoms with E-state index in [0.29, 0.717) is 24.9 Å². The number of piperidine rings is 1. The molecule has 2 unspecified atom stereocenters. The number of carbonyl (C=O) groups excluding carboxylic acids is 1. The molecule has 0 aromatic carbocycles. The molecule has 18 heavy (non-hydrogen) atoms. The predicted molar refractivity (Wildman–Crippen MR) is 73.3 cm³/mol. The summed E-state index contributed by atoms with van der Waals surface area (Å²) >= 11 is 0. The van der Waals surface area contributed by atoms with Gasteiger partial charge >= 0.3 is 0 Å². The molecule has 2 saturated heterocycles. The van der Waals surface area contributed by atoms with Gasteiger partial charge in [0, 0.05) is 18.6 Å². The van der Waals surface area contributed by atoms with Crippen LogP contribution in [0.5, 0.6) is 0 Å². The van der Waals surface area contributed by atoms with E-state index in [0.717, 1.165) is 13.0 Å². The van der Waals surface area contributed by atoms with Gasteiger partial charge in [-0.25, -0.2) is 0 Å². The van der Waals surface area contributed by atoms with Gasteiger partial charge in [0.05, 0.1) is 5.54 Å². The lowest BCUT2D eigenvalue weighted by Gasteiger charge is -2.34. The molecule has 3 N–H and O–H groups in total. The fourth-order valence-electron chi connectivity index (χ4n) is 3.30. The largest absolute Gasteiger partial charge is 0.350 e. The summed E-state index contributed by atoms with van der Waals surface area (Å²) in [4.78, 5) is 14.8. The second kappa shape index (κ2) is 5.57. The first-order valence-electron chi connectivity index (χ1n) is 7.44. The van der Waals surface area contributed by atoms with Gasteiger partial charge in [0.15, 0.2) is 0 Å². The molecule has 0 aliphatic carbocycles. The van der Waals surface area contributed by atoms with Gasteiger partial charge in [0.25, 0.3) is 0 Å². The first kappa shape index (κ1) is 13.8. The van der Waals surface area contributed by atoms with Crippen molar-refractivity contribution in [3.8, 4) is 0 Å². The number of nitrogens with two attached hydrogens (primary N) is 1. The van der Waals surface area contributed by atoms with E-state index in [1.165, 1.54) is 25.8 Å². The first-order valence-corrected chi connectivity index (χ1v) is 7.44. The molecule has 2 aliphatic rings. The SMILES string of the molecule is CCC(N)(CC)C(=O)NC1CCN2CCCCC12. The van der Waals surface area contributed by atoms with Gasteiger partial charge < -0.3 is 11.1 Å². The lowest BCUT2D eigenvalue weighted by Crippen LogP contribution is -2.57. The maximum atomic E-state index is 12.3. The van der Waals surface area contributed by atoms with E-state index in [1.807, 2.05) is 13.8 Å². The zero-order valence-electron chi connectivity index (χ0n) is 11.7. The van der Waals surface area contributed by atoms with E-state index in [1.54, 1.807) is 0 Å². The quantitative estimate of drug-likeness (QED) is 0.792. The van der Waals surface area contributed by atoms with Crippen molar-refractivity contribution in [1.82, 2.24) is 10.2 Å². The lowest BCUT2D eigenvalue weighted by atomic mass is 9.91. The third-order valence-electron chi connectivity index (χ3n) is 4.89. The highest BCUT2D eigenvalue weighted by molar-refractivity contribution is 5.86. The van der Waals surface area contributed by atoms with Crippen molar-refractivity contribution < 1.29 is 4.79 Å². The Labute approximate surface area is 110 Å². The Bertz CT molecular complexity index is 301. The summed E-state index contributed by atoms with van der Waals surface area (Å²) in [6.07, 6.45) is 6.32. The van der Waals surface area contributed by atoms with E-state index in [9.17, 15) is 4.79 Å². The Morgan fingerprint density at radius 1 is 1.28 bits per heavy atom. The molecule has 1 amide bonds. The third kappa shape index (κ3) is 2.54. The van der Waals surface area contributed by atoms with E-state index in [2.05, 4.69) is 10.2 Å². The van der Waals surface area contributed by atoms with Crippen LogP contribution in [0.4, 0.5) is 0 Å². The van der Waals surface area contributed by atoms with Gasteiger partial charge in [-0.2, -0.15) is 0 Å². The van der Waals surface area contributed by atoms with Crippen LogP contribution >= 0.6 is 0 Å². The molecule has 2 atom stereocenters. The fraction of sp³-hybridized carbons (Fsp3) is 0.929. The molecule has 4 heteroatoms. The topological polar surface area (TPSA) is 58.4 Å². The number of nitrogens with zero attached hydrogens (tertiary/aromatic N) is 1. The maximum absolute atomic E-state index is 12.3. The van der Waals surface area contributed by atoms with Gasteiger partial charge in [-0.3, -0.25) is 9.69 Å². The predicted octanol–water partition coefficient (Wildman–Crippen LogP) is 1.25. The summed E-state index contributed by atoms with van der Waals surface area (Å²) in [6.45, 7) is 6.31. The standard InChI is InChI=1S/C14H27N3O/c1-3-14(15,4-2)13(18)16-11-8-10-17-9-6-5-7-12(11)17/h11-12H,3-10,15H2,1-2H3,(H,16,18). The highest BCUT2D eigenvalue weighted by atomic mass is 16.2. The van der Waals surface area contributed by atoms with Crippen LogP contribution in [0.15, 0.2) is 0 Å². The summed E-state index contributed by atoms with van der Waals surface area (Å²) in [5.41, 5.74) is 5.48. The molecule has 4 nitrogen and oxygen atoms in total. The van der Waals surface area contributed by atoms with Crippen LogP contribution in [0.2, 0.25) is 0 Å². The summed E-state index contributed by atoms with van der Waals surface area (Å²) in [5, 5.41) is 3.21. The van der Waals surface area contributed by atoms with Crippen molar-refractivity contribution in [3.05, 3.63) is 0 Å². The minimum atomic E-state index is -0.678. The smallest absolute Gasteiger partial charge is 0.240 e. The Morgan fingerprint density at radius 3 is 2.67 bits per heavy atom. The molecule has 2 rings (SSSR count). The minimum Gasteiger partial charge on any atom is -0.350 e. The molecule has 0 radical (unpaired) electrons. The van der Waals surface area contributed by atoms with Crippen LogP contribution in [0.3, 0.4) is 0 Å². The molecule has 0 saturated carbocycles. The minimum absolute atomic E-state index is 0.0462. The normalized spacial score (nSPS) is 29.1. The zero-order valence-corrected chi connectivity index (χ0v) is 11.7. The molecule has 2 heterocycles. The number of hydrogen-bond donors (Lipinski definition) is 2. The maximum Gasteiger partial charge on any atom is 0.240 e. The van der Waals surface area contributed by atoms with Crippen LogP contribution in [0.1, 0.15) is 52.4 Å². The van der Waals surface area contributed by atoms with Gasteiger partial charge in [-0.15, -0.1) is 0 Å². The number of hydrogen-bond acceptors (Lipinski definition) is 3. The molecule has 2 aliphatic heterocycles. The number of rotatable bonds is 4. The molecular formula is C14H27N3O. The highest BCUT2D eigenvalue weighted by Gasteiger charge is 2.39. The Kier molecular flexibility index (Phi) is 4.28. The van der Waals surface area contributed by atoms with Gasteiger partial charge in [-0.05, 0) is 38.6 Å². The number of amides is 1. The van der Waals surface area contributed by atoms with Crippen molar-refractivity contribution in [3.63, 3.8) is 0 Å². The van der Waals surface area contributed by atoms with Gasteiger partial charge in [-0.1, -0.05) is 20.3 Å². The molecule has 104 valence electrons. The van der Waals surface area contributed by atoms with Crippen LogP contribution in [0, 0.1) is 0 Å². The Hall–Kier alpha value is -0.610. The molecule has 0 aromatic heterocycles. The number of nitrogens with one attached hydrogen (secondary N) is 1. The van der Waals surface area contributed by atoms with Crippen LogP contribution in [-0.4, -0.2) is 41.5 Å². The van der Waals surface area contributed by atoms with E-state index in [-0.39, 0.29) is 5.91 Å². The fourth-order valence-corrected chi connectivity index (χ4v) is 3.30. The number of fused-ring (bicyclic) bond motifs is 1. The second-order valence-electron chi connectivity index (χ2n) is 5.83. The first-order chi connectivity index (χ1) is 8.60. The van der Waals surface area contributed by atoms with Crippen molar-refractivity contribution in [2.24, 2.45) is 5.73 Å². The lowest BCUT2D eigenvalue weighted by molar-refractivity contribution is -0.127. The monoisotopic (exact) mass is 253 g/mol. The van der Waals surface area contributed by atoms with Crippen molar-refractivity contribution in [2.75, 3.05) is 13.1 Å². The molecule has 2 fully saturated rings. The third-order valence-corrected chi connectivity index (χ3v) is 4.89. The van der Waals surface area contributed by atoms with Gasteiger partial charge in [0.1, 0.15) is 0 Å². The van der Waals surface area contributed by atoms with E-state index < -0.39 is 5.54 Å². The van der Waals surface area contributed by atoms with Crippen molar-refractivity contribution in [1.29, 1.82) is 0 Å². The average molecular weight is 253 g/mol. The van der Waals surface area contributed by atoms with E-state index in [4.69, 9.17) is 5.73 Å². The summed E-state index contributed by atoms with van der Waals surface area (Å²) in [5.74, 6) is 0.0462. The Balaban J connectivity index is 1.95. The highest BCUT2D eigenvalue weighted by Crippen LogP contribution is 2.27. The summed E-state index contributed by atoms with van der Waals surface area (Å²) < 4.78 is 0. The van der Waals surface area contributed by atoms with Crippen molar-refractivity contribution in [2.45, 2.75) is 70.0 Å². The summed E-state index contributed by atoms with van der Waals surface area (Å²) in [6, 6.07) is 0.875. The second-order valence-corrected chi connectivity index (χ2v) is 5.83. The van der Waals surface area contributed by atoms with Crippen molar-refractivity contribution >= 4 is 5.91 Å². The molecule has 0 aromatic rings. The Morgan fingerprint density at radius 2 is 2.00 bits per heavy atom. The van der Waals surface area contributed by atoms with Crippen LogP contribution in [0.25, 0.3) is 0 Å². The van der Waals surface area contributed by atoms with Crippen LogP contribution in [-0.2, 0) is 4.79 Å².